The number of benzene rings is 2. The maximum atomic E-state index is 13.1. The van der Waals surface area contributed by atoms with Gasteiger partial charge >= 0.3 is 5.97 Å². The number of sulfonamides is 1. The van der Waals surface area contributed by atoms with Gasteiger partial charge < -0.3 is 10.1 Å². The van der Waals surface area contributed by atoms with Crippen LogP contribution in [0.4, 0.5) is 5.69 Å². The van der Waals surface area contributed by atoms with Crippen LogP contribution in [0.15, 0.2) is 59.5 Å². The minimum Gasteiger partial charge on any atom is -0.452 e. The first-order valence-corrected chi connectivity index (χ1v) is 11.8. The van der Waals surface area contributed by atoms with E-state index >= 15 is 0 Å². The highest BCUT2D eigenvalue weighted by Crippen LogP contribution is 2.25. The minimum atomic E-state index is -4.00. The summed E-state index contributed by atoms with van der Waals surface area (Å²) in [6.07, 6.45) is 4.19. The van der Waals surface area contributed by atoms with E-state index in [0.717, 1.165) is 30.0 Å². The van der Waals surface area contributed by atoms with E-state index in [9.17, 15) is 18.0 Å². The van der Waals surface area contributed by atoms with Crippen molar-refractivity contribution in [1.82, 2.24) is 5.32 Å². The summed E-state index contributed by atoms with van der Waals surface area (Å²) in [7, 11) is -2.58. The molecule has 2 atom stereocenters. The van der Waals surface area contributed by atoms with Crippen molar-refractivity contribution in [3.8, 4) is 0 Å². The number of rotatable bonds is 7. The first-order chi connectivity index (χ1) is 14.8. The Balaban J connectivity index is 1.70. The maximum absolute atomic E-state index is 13.1. The third-order valence-corrected chi connectivity index (χ3v) is 7.50. The minimum absolute atomic E-state index is 0.0761. The van der Waals surface area contributed by atoms with Crippen LogP contribution in [0.5, 0.6) is 0 Å². The summed E-state index contributed by atoms with van der Waals surface area (Å²) in [6, 6.07) is 14.5. The van der Waals surface area contributed by atoms with Crippen LogP contribution in [0.25, 0.3) is 0 Å². The molecule has 166 valence electrons. The normalized spacial score (nSPS) is 18.8. The number of esters is 1. The van der Waals surface area contributed by atoms with Gasteiger partial charge in [0.2, 0.25) is 0 Å². The number of ether oxygens (including phenoxy) is 1. The van der Waals surface area contributed by atoms with E-state index in [1.54, 1.807) is 42.5 Å². The molecule has 1 N–H and O–H groups in total. The zero-order chi connectivity index (χ0) is 22.4. The van der Waals surface area contributed by atoms with Crippen molar-refractivity contribution in [2.75, 3.05) is 18.0 Å². The zero-order valence-corrected chi connectivity index (χ0v) is 18.6. The van der Waals surface area contributed by atoms with Crippen molar-refractivity contribution < 1.29 is 22.7 Å². The molecule has 0 heterocycles. The molecule has 3 rings (SSSR count). The summed E-state index contributed by atoms with van der Waals surface area (Å²) in [5.74, 6) is -0.853. The van der Waals surface area contributed by atoms with Crippen LogP contribution in [0, 0.1) is 5.92 Å². The first-order valence-electron chi connectivity index (χ1n) is 10.4. The molecule has 2 unspecified atom stereocenters. The summed E-state index contributed by atoms with van der Waals surface area (Å²) < 4.78 is 32.5. The Hall–Kier alpha value is -2.87. The van der Waals surface area contributed by atoms with Gasteiger partial charge in [0.1, 0.15) is 4.90 Å². The number of amides is 1. The van der Waals surface area contributed by atoms with Gasteiger partial charge in [-0.3, -0.25) is 9.10 Å². The van der Waals surface area contributed by atoms with E-state index in [1.165, 1.54) is 19.2 Å². The predicted molar refractivity (Wildman–Crippen MR) is 118 cm³/mol. The van der Waals surface area contributed by atoms with Gasteiger partial charge in [-0.1, -0.05) is 50.1 Å². The van der Waals surface area contributed by atoms with Gasteiger partial charge in [-0.2, -0.15) is 0 Å². The smallest absolute Gasteiger partial charge is 0.340 e. The summed E-state index contributed by atoms with van der Waals surface area (Å²) >= 11 is 0. The number of carbonyl (C=O) groups excluding carboxylic acids is 2. The largest absolute Gasteiger partial charge is 0.452 e. The second kappa shape index (κ2) is 9.96. The molecule has 1 saturated carbocycles. The molecule has 0 aliphatic heterocycles. The van der Waals surface area contributed by atoms with Crippen molar-refractivity contribution in [1.29, 1.82) is 0 Å². The number of nitrogens with one attached hydrogen (secondary N) is 1. The Bertz CT molecular complexity index is 1020. The van der Waals surface area contributed by atoms with E-state index in [4.69, 9.17) is 4.74 Å². The van der Waals surface area contributed by atoms with Gasteiger partial charge in [-0.05, 0) is 43.0 Å². The highest BCUT2D eigenvalue weighted by molar-refractivity contribution is 7.92. The quantitative estimate of drug-likeness (QED) is 0.661. The molecule has 2 aromatic rings. The first kappa shape index (κ1) is 22.8. The molecular weight excluding hydrogens is 416 g/mol. The lowest BCUT2D eigenvalue weighted by molar-refractivity contribution is -0.125. The topological polar surface area (TPSA) is 92.8 Å². The Labute approximate surface area is 183 Å². The second-order valence-corrected chi connectivity index (χ2v) is 9.75. The zero-order valence-electron chi connectivity index (χ0n) is 17.8. The Morgan fingerprint density at radius 1 is 1.03 bits per heavy atom. The lowest BCUT2D eigenvalue weighted by Gasteiger charge is -2.29. The van der Waals surface area contributed by atoms with E-state index < -0.39 is 22.6 Å². The monoisotopic (exact) mass is 444 g/mol. The average molecular weight is 445 g/mol. The van der Waals surface area contributed by atoms with Crippen LogP contribution in [-0.2, 0) is 19.6 Å². The molecule has 7 nitrogen and oxygen atoms in total. The molecule has 2 aromatic carbocycles. The van der Waals surface area contributed by atoms with E-state index in [0.29, 0.717) is 11.6 Å². The number of carbonyl (C=O) groups is 2. The summed E-state index contributed by atoms with van der Waals surface area (Å²) in [5, 5.41) is 2.92. The fourth-order valence-electron chi connectivity index (χ4n) is 3.77. The fraction of sp³-hybridized carbons (Fsp3) is 0.391. The average Bonchev–Trinajstić information content (AvgIpc) is 2.79. The SMILES string of the molecule is CC1CCCCC1NC(=O)COC(=O)c1ccccc1S(=O)(=O)N(C)c1ccccc1. The van der Waals surface area contributed by atoms with Crippen LogP contribution in [-0.4, -0.2) is 40.0 Å². The van der Waals surface area contributed by atoms with Crippen LogP contribution >= 0.6 is 0 Å². The third kappa shape index (κ3) is 5.44. The highest BCUT2D eigenvalue weighted by Gasteiger charge is 2.28. The molecule has 1 fully saturated rings. The van der Waals surface area contributed by atoms with Gasteiger partial charge in [0.15, 0.2) is 6.61 Å². The van der Waals surface area contributed by atoms with Crippen molar-refractivity contribution in [3.63, 3.8) is 0 Å². The molecule has 0 radical (unpaired) electrons. The number of hydrogen-bond acceptors (Lipinski definition) is 5. The maximum Gasteiger partial charge on any atom is 0.340 e. The summed E-state index contributed by atoms with van der Waals surface area (Å²) in [5.41, 5.74) is 0.357. The van der Waals surface area contributed by atoms with Crippen molar-refractivity contribution >= 4 is 27.6 Å². The van der Waals surface area contributed by atoms with E-state index in [1.807, 2.05) is 0 Å². The molecule has 0 bridgehead atoms. The molecule has 1 aliphatic carbocycles. The summed E-state index contributed by atoms with van der Waals surface area (Å²) in [4.78, 5) is 24.7. The third-order valence-electron chi connectivity index (χ3n) is 5.66. The van der Waals surface area contributed by atoms with Crippen LogP contribution < -0.4 is 9.62 Å². The van der Waals surface area contributed by atoms with E-state index in [-0.39, 0.29) is 22.4 Å². The number of para-hydroxylation sites is 1. The van der Waals surface area contributed by atoms with Gasteiger partial charge in [0, 0.05) is 13.1 Å². The molecule has 1 amide bonds. The fourth-order valence-corrected chi connectivity index (χ4v) is 5.15. The standard InChI is InChI=1S/C23H28N2O5S/c1-17-10-6-8-14-20(17)24-22(26)16-30-23(27)19-13-7-9-15-21(19)31(28,29)25(2)18-11-4-3-5-12-18/h3-5,7,9,11-13,15,17,20H,6,8,10,14,16H2,1-2H3,(H,24,26). The molecule has 31 heavy (non-hydrogen) atoms. The van der Waals surface area contributed by atoms with Crippen LogP contribution in [0.3, 0.4) is 0 Å². The Morgan fingerprint density at radius 2 is 1.68 bits per heavy atom. The lowest BCUT2D eigenvalue weighted by Crippen LogP contribution is -2.43. The second-order valence-electron chi connectivity index (χ2n) is 7.82. The van der Waals surface area contributed by atoms with Gasteiger partial charge in [0.25, 0.3) is 15.9 Å². The Kier molecular flexibility index (Phi) is 7.33. The van der Waals surface area contributed by atoms with Gasteiger partial charge in [0.05, 0.1) is 11.3 Å². The molecule has 0 spiro atoms. The number of nitrogens with zero attached hydrogens (tertiary/aromatic N) is 1. The Morgan fingerprint density at radius 3 is 2.39 bits per heavy atom. The highest BCUT2D eigenvalue weighted by atomic mass is 32.2. The molecule has 8 heteroatoms. The van der Waals surface area contributed by atoms with E-state index in [2.05, 4.69) is 12.2 Å². The van der Waals surface area contributed by atoms with Gasteiger partial charge in [-0.25, -0.2) is 13.2 Å². The lowest BCUT2D eigenvalue weighted by atomic mass is 9.86. The van der Waals surface area contributed by atoms with Crippen molar-refractivity contribution in [2.45, 2.75) is 43.5 Å². The van der Waals surface area contributed by atoms with Gasteiger partial charge in [-0.15, -0.1) is 0 Å². The predicted octanol–water partition coefficient (Wildman–Crippen LogP) is 3.36. The molecule has 1 aliphatic rings. The van der Waals surface area contributed by atoms with Crippen LogP contribution in [0.2, 0.25) is 0 Å². The number of anilines is 1. The molecule has 0 saturated heterocycles. The summed E-state index contributed by atoms with van der Waals surface area (Å²) in [6.45, 7) is 1.64. The molecule has 0 aromatic heterocycles. The van der Waals surface area contributed by atoms with Crippen LogP contribution in [0.1, 0.15) is 43.0 Å². The number of hydrogen-bond donors (Lipinski definition) is 1. The van der Waals surface area contributed by atoms with Crippen molar-refractivity contribution in [2.24, 2.45) is 5.92 Å². The molecular formula is C23H28N2O5S. The van der Waals surface area contributed by atoms with Crippen molar-refractivity contribution in [3.05, 3.63) is 60.2 Å².